The number of aromatic nitrogens is 2. The number of rotatable bonds is 4. The molecule has 0 N–H and O–H groups in total. The van der Waals surface area contributed by atoms with Crippen molar-refractivity contribution in [3.8, 4) is 34.3 Å². The number of fused-ring (bicyclic) bond motifs is 1. The lowest BCUT2D eigenvalue weighted by Crippen LogP contribution is -2.02. The average Bonchev–Trinajstić information content (AvgIpc) is 3.17. The van der Waals surface area contributed by atoms with Crippen LogP contribution in [0.5, 0.6) is 11.5 Å². The minimum atomic E-state index is -0.533. The standard InChI is InChI=1S/C20H16N2O5/c1-11-4-6-15-13(8-11)9-14(20(23)26-15)19-21-18(22-27-19)12-5-7-16(24-2)17(10-12)25-3/h4-10H,1-3H3. The molecule has 0 fully saturated rings. The Bertz CT molecular complexity index is 1190. The van der Waals surface area contributed by atoms with Crippen LogP contribution >= 0.6 is 0 Å². The zero-order chi connectivity index (χ0) is 19.0. The zero-order valence-electron chi connectivity index (χ0n) is 15.0. The third kappa shape index (κ3) is 3.03. The van der Waals surface area contributed by atoms with Gasteiger partial charge in [-0.1, -0.05) is 16.8 Å². The first-order valence-electron chi connectivity index (χ1n) is 8.20. The second-order valence-corrected chi connectivity index (χ2v) is 5.98. The van der Waals surface area contributed by atoms with E-state index in [2.05, 4.69) is 10.1 Å². The summed E-state index contributed by atoms with van der Waals surface area (Å²) in [4.78, 5) is 16.7. The Balaban J connectivity index is 1.78. The average molecular weight is 364 g/mol. The van der Waals surface area contributed by atoms with E-state index in [0.717, 1.165) is 10.9 Å². The lowest BCUT2D eigenvalue weighted by Gasteiger charge is -2.07. The quantitative estimate of drug-likeness (QED) is 0.508. The van der Waals surface area contributed by atoms with E-state index in [9.17, 15) is 4.79 Å². The molecule has 136 valence electrons. The topological polar surface area (TPSA) is 87.6 Å². The molecule has 0 bridgehead atoms. The summed E-state index contributed by atoms with van der Waals surface area (Å²) in [6, 6.07) is 12.5. The second-order valence-electron chi connectivity index (χ2n) is 5.98. The Hall–Kier alpha value is -3.61. The summed E-state index contributed by atoms with van der Waals surface area (Å²) in [6.07, 6.45) is 0. The molecule has 2 heterocycles. The molecule has 0 unspecified atom stereocenters. The van der Waals surface area contributed by atoms with Crippen LogP contribution in [-0.4, -0.2) is 24.4 Å². The summed E-state index contributed by atoms with van der Waals surface area (Å²) >= 11 is 0. The summed E-state index contributed by atoms with van der Waals surface area (Å²) in [7, 11) is 3.11. The van der Waals surface area contributed by atoms with E-state index >= 15 is 0 Å². The molecule has 7 nitrogen and oxygen atoms in total. The van der Waals surface area contributed by atoms with E-state index < -0.39 is 5.63 Å². The van der Waals surface area contributed by atoms with Gasteiger partial charge in [-0.25, -0.2) is 4.79 Å². The first kappa shape index (κ1) is 16.8. The number of nitrogens with zero attached hydrogens (tertiary/aromatic N) is 2. The van der Waals surface area contributed by atoms with Crippen LogP contribution in [0.1, 0.15) is 5.56 Å². The molecule has 4 rings (SSSR count). The van der Waals surface area contributed by atoms with Crippen LogP contribution in [0, 0.1) is 6.92 Å². The van der Waals surface area contributed by atoms with Gasteiger partial charge in [0.05, 0.1) is 14.2 Å². The molecule has 2 aromatic carbocycles. The lowest BCUT2D eigenvalue weighted by atomic mass is 10.1. The number of hydrogen-bond acceptors (Lipinski definition) is 7. The van der Waals surface area contributed by atoms with Crippen LogP contribution in [0.25, 0.3) is 33.8 Å². The normalized spacial score (nSPS) is 10.9. The monoisotopic (exact) mass is 364 g/mol. The lowest BCUT2D eigenvalue weighted by molar-refractivity contribution is 0.355. The largest absolute Gasteiger partial charge is 0.493 e. The van der Waals surface area contributed by atoms with Crippen LogP contribution in [0.2, 0.25) is 0 Å². The SMILES string of the molecule is COc1ccc(-c2noc(-c3cc4cc(C)ccc4oc3=O)n2)cc1OC. The molecular weight excluding hydrogens is 348 g/mol. The fourth-order valence-corrected chi connectivity index (χ4v) is 2.82. The molecule has 0 spiro atoms. The van der Waals surface area contributed by atoms with Crippen LogP contribution in [-0.2, 0) is 0 Å². The molecule has 2 aromatic heterocycles. The van der Waals surface area contributed by atoms with Crippen LogP contribution in [0.3, 0.4) is 0 Å². The highest BCUT2D eigenvalue weighted by atomic mass is 16.5. The number of benzene rings is 2. The number of hydrogen-bond donors (Lipinski definition) is 0. The molecule has 0 aliphatic heterocycles. The summed E-state index contributed by atoms with van der Waals surface area (Å²) in [5.74, 6) is 1.56. The molecule has 4 aromatic rings. The van der Waals surface area contributed by atoms with Gasteiger partial charge in [-0.15, -0.1) is 0 Å². The van der Waals surface area contributed by atoms with E-state index in [1.54, 1.807) is 44.6 Å². The van der Waals surface area contributed by atoms with Crippen molar-refractivity contribution in [1.29, 1.82) is 0 Å². The van der Waals surface area contributed by atoms with E-state index in [4.69, 9.17) is 18.4 Å². The molecule has 0 radical (unpaired) electrons. The summed E-state index contributed by atoms with van der Waals surface area (Å²) in [6.45, 7) is 1.96. The molecule has 0 atom stereocenters. The Morgan fingerprint density at radius 1 is 0.963 bits per heavy atom. The van der Waals surface area contributed by atoms with Gasteiger partial charge in [-0.3, -0.25) is 0 Å². The maximum absolute atomic E-state index is 12.3. The van der Waals surface area contributed by atoms with Gasteiger partial charge < -0.3 is 18.4 Å². The highest BCUT2D eigenvalue weighted by molar-refractivity contribution is 5.81. The maximum atomic E-state index is 12.3. The zero-order valence-corrected chi connectivity index (χ0v) is 15.0. The Morgan fingerprint density at radius 2 is 1.78 bits per heavy atom. The van der Waals surface area contributed by atoms with Crippen molar-refractivity contribution < 1.29 is 18.4 Å². The minimum absolute atomic E-state index is 0.0944. The minimum Gasteiger partial charge on any atom is -0.493 e. The highest BCUT2D eigenvalue weighted by Gasteiger charge is 2.17. The fraction of sp³-hybridized carbons (Fsp3) is 0.150. The molecule has 0 aliphatic carbocycles. The molecule has 0 saturated carbocycles. The third-order valence-electron chi connectivity index (χ3n) is 4.19. The van der Waals surface area contributed by atoms with Crippen molar-refractivity contribution in [2.24, 2.45) is 0 Å². The number of ether oxygens (including phenoxy) is 2. The van der Waals surface area contributed by atoms with E-state index in [1.807, 2.05) is 19.1 Å². The number of methoxy groups -OCH3 is 2. The van der Waals surface area contributed by atoms with Crippen LogP contribution in [0.15, 0.2) is 56.2 Å². The molecule has 0 aliphatic rings. The van der Waals surface area contributed by atoms with E-state index in [1.165, 1.54) is 0 Å². The van der Waals surface area contributed by atoms with Gasteiger partial charge in [0.15, 0.2) is 11.5 Å². The van der Waals surface area contributed by atoms with E-state index in [0.29, 0.717) is 28.5 Å². The van der Waals surface area contributed by atoms with Crippen molar-refractivity contribution in [1.82, 2.24) is 10.1 Å². The highest BCUT2D eigenvalue weighted by Crippen LogP contribution is 2.32. The molecule has 0 saturated heterocycles. The summed E-state index contributed by atoms with van der Waals surface area (Å²) in [5, 5.41) is 4.76. The maximum Gasteiger partial charge on any atom is 0.349 e. The molecular formula is C20H16N2O5. The van der Waals surface area contributed by atoms with Crippen molar-refractivity contribution in [2.75, 3.05) is 14.2 Å². The number of aryl methyl sites for hydroxylation is 1. The Morgan fingerprint density at radius 3 is 2.56 bits per heavy atom. The van der Waals surface area contributed by atoms with Gasteiger partial charge in [0.1, 0.15) is 11.1 Å². The second kappa shape index (κ2) is 6.60. The van der Waals surface area contributed by atoms with Crippen LogP contribution in [0.4, 0.5) is 0 Å². The van der Waals surface area contributed by atoms with Gasteiger partial charge >= 0.3 is 5.63 Å². The Kier molecular flexibility index (Phi) is 4.12. The van der Waals surface area contributed by atoms with Crippen molar-refractivity contribution in [3.05, 3.63) is 58.4 Å². The fourth-order valence-electron chi connectivity index (χ4n) is 2.82. The predicted octanol–water partition coefficient (Wildman–Crippen LogP) is 3.84. The van der Waals surface area contributed by atoms with Gasteiger partial charge in [0, 0.05) is 10.9 Å². The molecule has 7 heteroatoms. The smallest absolute Gasteiger partial charge is 0.349 e. The Labute approximate surface area is 154 Å². The third-order valence-corrected chi connectivity index (χ3v) is 4.19. The van der Waals surface area contributed by atoms with Gasteiger partial charge in [0.2, 0.25) is 5.82 Å². The summed E-state index contributed by atoms with van der Waals surface area (Å²) in [5.41, 5.74) is 1.91. The predicted molar refractivity (Wildman–Crippen MR) is 99.1 cm³/mol. The molecule has 27 heavy (non-hydrogen) atoms. The first-order chi connectivity index (χ1) is 13.1. The van der Waals surface area contributed by atoms with Gasteiger partial charge in [-0.2, -0.15) is 4.98 Å². The molecule has 0 amide bonds. The van der Waals surface area contributed by atoms with Gasteiger partial charge in [-0.05, 0) is 43.3 Å². The van der Waals surface area contributed by atoms with Crippen molar-refractivity contribution >= 4 is 11.0 Å². The van der Waals surface area contributed by atoms with E-state index in [-0.39, 0.29) is 11.5 Å². The van der Waals surface area contributed by atoms with Gasteiger partial charge in [0.25, 0.3) is 5.89 Å². The van der Waals surface area contributed by atoms with Crippen LogP contribution < -0.4 is 15.1 Å². The first-order valence-corrected chi connectivity index (χ1v) is 8.20. The van der Waals surface area contributed by atoms with Crippen molar-refractivity contribution in [2.45, 2.75) is 6.92 Å². The summed E-state index contributed by atoms with van der Waals surface area (Å²) < 4.78 is 21.2. The van der Waals surface area contributed by atoms with Crippen molar-refractivity contribution in [3.63, 3.8) is 0 Å².